The third-order valence-electron chi connectivity index (χ3n) is 5.89. The van der Waals surface area contributed by atoms with E-state index >= 15 is 0 Å². The number of hydrogen-bond acceptors (Lipinski definition) is 2. The fourth-order valence-electron chi connectivity index (χ4n) is 4.80. The molecule has 122 valence electrons. The van der Waals surface area contributed by atoms with E-state index in [1.165, 1.54) is 25.7 Å². The predicted molar refractivity (Wildman–Crippen MR) is 96.6 cm³/mol. The van der Waals surface area contributed by atoms with Gasteiger partial charge in [-0.1, -0.05) is 60.7 Å². The van der Waals surface area contributed by atoms with Gasteiger partial charge in [0.15, 0.2) is 0 Å². The first-order chi connectivity index (χ1) is 11.8. The maximum Gasteiger partial charge on any atom is 0.107 e. The molecule has 2 heteroatoms. The Kier molecular flexibility index (Phi) is 4.12. The minimum Gasteiger partial charge on any atom is -0.311 e. The zero-order valence-electron chi connectivity index (χ0n) is 14.0. The van der Waals surface area contributed by atoms with E-state index in [-0.39, 0.29) is 0 Å². The number of hydrogen-bond donors (Lipinski definition) is 1. The lowest BCUT2D eigenvalue weighted by Gasteiger charge is -2.36. The molecular weight excluding hydrogens is 292 g/mol. The minimum atomic E-state index is -0.538. The van der Waals surface area contributed by atoms with Gasteiger partial charge >= 0.3 is 0 Å². The SMILES string of the molecule is N#CC(CC1C[C@H]2CC[C@@H](C1)N2)(c1ccccc1)c1ccccc1. The third kappa shape index (κ3) is 2.74. The molecule has 0 radical (unpaired) electrons. The molecule has 0 saturated carbocycles. The lowest BCUT2D eigenvalue weighted by molar-refractivity contribution is 0.264. The van der Waals surface area contributed by atoms with Gasteiger partial charge in [-0.2, -0.15) is 5.26 Å². The average molecular weight is 316 g/mol. The number of fused-ring (bicyclic) bond motifs is 2. The summed E-state index contributed by atoms with van der Waals surface area (Å²) in [6.07, 6.45) is 5.94. The van der Waals surface area contributed by atoms with Crippen LogP contribution in [0.25, 0.3) is 0 Å². The topological polar surface area (TPSA) is 35.8 Å². The van der Waals surface area contributed by atoms with Gasteiger partial charge in [-0.25, -0.2) is 0 Å². The minimum absolute atomic E-state index is 0.538. The lowest BCUT2D eigenvalue weighted by atomic mass is 9.68. The molecule has 2 aromatic carbocycles. The first kappa shape index (κ1) is 15.4. The number of piperidine rings is 1. The molecule has 2 aliphatic heterocycles. The maximum absolute atomic E-state index is 10.3. The second-order valence-corrected chi connectivity index (χ2v) is 7.43. The van der Waals surface area contributed by atoms with E-state index in [4.69, 9.17) is 0 Å². The molecule has 2 heterocycles. The van der Waals surface area contributed by atoms with Crippen molar-refractivity contribution in [3.05, 3.63) is 71.8 Å². The number of nitrogens with one attached hydrogen (secondary N) is 1. The van der Waals surface area contributed by atoms with E-state index in [1.54, 1.807) is 0 Å². The molecule has 0 spiro atoms. The Balaban J connectivity index is 1.72. The summed E-state index contributed by atoms with van der Waals surface area (Å²) in [7, 11) is 0. The van der Waals surface area contributed by atoms with Gasteiger partial charge in [0, 0.05) is 12.1 Å². The maximum atomic E-state index is 10.3. The standard InChI is InChI=1S/C22H24N2/c23-16-22(18-7-3-1-4-8-18,19-9-5-2-6-10-19)15-17-13-20-11-12-21(14-17)24-20/h1-10,17,20-21,24H,11-15H2/t17?,20-,21+. The Bertz CT molecular complexity index is 665. The third-order valence-corrected chi connectivity index (χ3v) is 5.89. The number of rotatable bonds is 4. The number of nitriles is 1. The fraction of sp³-hybridized carbons (Fsp3) is 0.409. The molecule has 2 aromatic rings. The van der Waals surface area contributed by atoms with Crippen LogP contribution in [0.5, 0.6) is 0 Å². The summed E-state index contributed by atoms with van der Waals surface area (Å²) < 4.78 is 0. The quantitative estimate of drug-likeness (QED) is 0.906. The molecule has 3 atom stereocenters. The second-order valence-electron chi connectivity index (χ2n) is 7.43. The van der Waals surface area contributed by atoms with Crippen molar-refractivity contribution >= 4 is 0 Å². The van der Waals surface area contributed by atoms with Crippen LogP contribution < -0.4 is 5.32 Å². The number of nitrogens with zero attached hydrogens (tertiary/aromatic N) is 1. The van der Waals surface area contributed by atoms with Crippen molar-refractivity contribution in [1.29, 1.82) is 5.26 Å². The second kappa shape index (κ2) is 6.42. The summed E-state index contributed by atoms with van der Waals surface area (Å²) in [6.45, 7) is 0. The van der Waals surface area contributed by atoms with Crippen LogP contribution in [0.2, 0.25) is 0 Å². The molecule has 2 nitrogen and oxygen atoms in total. The molecule has 0 aromatic heterocycles. The van der Waals surface area contributed by atoms with E-state index < -0.39 is 5.41 Å². The summed E-state index contributed by atoms with van der Waals surface area (Å²) in [5, 5.41) is 14.0. The van der Waals surface area contributed by atoms with E-state index in [1.807, 2.05) is 12.1 Å². The summed E-state index contributed by atoms with van der Waals surface area (Å²) in [6, 6.07) is 24.8. The Labute approximate surface area is 144 Å². The molecular formula is C22H24N2. The molecule has 4 rings (SSSR count). The summed E-state index contributed by atoms with van der Waals surface area (Å²) in [5.41, 5.74) is 1.72. The molecule has 2 aliphatic rings. The van der Waals surface area contributed by atoms with Crippen LogP contribution in [0, 0.1) is 17.2 Å². The molecule has 2 fully saturated rings. The van der Waals surface area contributed by atoms with Crippen molar-refractivity contribution in [2.24, 2.45) is 5.92 Å². The van der Waals surface area contributed by atoms with Gasteiger partial charge in [0.2, 0.25) is 0 Å². The lowest BCUT2D eigenvalue weighted by Crippen LogP contribution is -2.40. The van der Waals surface area contributed by atoms with Crippen LogP contribution >= 0.6 is 0 Å². The van der Waals surface area contributed by atoms with Gasteiger partial charge < -0.3 is 5.32 Å². The van der Waals surface area contributed by atoms with Crippen molar-refractivity contribution in [1.82, 2.24) is 5.32 Å². The van der Waals surface area contributed by atoms with E-state index in [9.17, 15) is 5.26 Å². The fourth-order valence-corrected chi connectivity index (χ4v) is 4.80. The van der Waals surface area contributed by atoms with E-state index in [0.717, 1.165) is 17.5 Å². The molecule has 2 saturated heterocycles. The van der Waals surface area contributed by atoms with Gasteiger partial charge in [-0.05, 0) is 49.1 Å². The Morgan fingerprint density at radius 2 is 1.38 bits per heavy atom. The van der Waals surface area contributed by atoms with E-state index in [0.29, 0.717) is 18.0 Å². The first-order valence-electron chi connectivity index (χ1n) is 9.08. The highest BCUT2D eigenvalue weighted by atomic mass is 15.0. The van der Waals surface area contributed by atoms with E-state index in [2.05, 4.69) is 59.9 Å². The smallest absolute Gasteiger partial charge is 0.107 e. The summed E-state index contributed by atoms with van der Waals surface area (Å²) >= 11 is 0. The van der Waals surface area contributed by atoms with Crippen molar-refractivity contribution < 1.29 is 0 Å². The number of benzene rings is 2. The highest BCUT2D eigenvalue weighted by Gasteiger charge is 2.41. The monoisotopic (exact) mass is 316 g/mol. The Hall–Kier alpha value is -2.11. The van der Waals surface area contributed by atoms with Crippen LogP contribution in [0.4, 0.5) is 0 Å². The average Bonchev–Trinajstić information content (AvgIpc) is 2.99. The highest BCUT2D eigenvalue weighted by molar-refractivity contribution is 5.45. The zero-order chi connectivity index (χ0) is 16.4. The van der Waals surface area contributed by atoms with Crippen LogP contribution in [0.1, 0.15) is 43.2 Å². The molecule has 0 aliphatic carbocycles. The predicted octanol–water partition coefficient (Wildman–Crippen LogP) is 4.42. The summed E-state index contributed by atoms with van der Waals surface area (Å²) in [4.78, 5) is 0. The highest BCUT2D eigenvalue weighted by Crippen LogP contribution is 2.43. The van der Waals surface area contributed by atoms with Crippen molar-refractivity contribution in [3.63, 3.8) is 0 Å². The van der Waals surface area contributed by atoms with Crippen molar-refractivity contribution in [2.45, 2.75) is 49.6 Å². The van der Waals surface area contributed by atoms with Gasteiger partial charge in [-0.15, -0.1) is 0 Å². The molecule has 24 heavy (non-hydrogen) atoms. The van der Waals surface area contributed by atoms with Crippen LogP contribution in [-0.2, 0) is 5.41 Å². The molecule has 0 amide bonds. The van der Waals surface area contributed by atoms with Crippen LogP contribution in [-0.4, -0.2) is 12.1 Å². The van der Waals surface area contributed by atoms with Gasteiger partial charge in [0.1, 0.15) is 5.41 Å². The molecule has 1 N–H and O–H groups in total. The van der Waals surface area contributed by atoms with Crippen LogP contribution in [0.15, 0.2) is 60.7 Å². The van der Waals surface area contributed by atoms with Gasteiger partial charge in [0.25, 0.3) is 0 Å². The Morgan fingerprint density at radius 1 is 0.875 bits per heavy atom. The molecule has 1 unspecified atom stereocenters. The van der Waals surface area contributed by atoms with Crippen LogP contribution in [0.3, 0.4) is 0 Å². The first-order valence-corrected chi connectivity index (χ1v) is 9.08. The van der Waals surface area contributed by atoms with Gasteiger partial charge in [-0.3, -0.25) is 0 Å². The van der Waals surface area contributed by atoms with Crippen molar-refractivity contribution in [2.75, 3.05) is 0 Å². The van der Waals surface area contributed by atoms with Crippen molar-refractivity contribution in [3.8, 4) is 6.07 Å². The normalized spacial score (nSPS) is 26.0. The Morgan fingerprint density at radius 3 is 1.83 bits per heavy atom. The van der Waals surface area contributed by atoms with Gasteiger partial charge in [0.05, 0.1) is 6.07 Å². The molecule has 2 bridgehead atoms. The zero-order valence-corrected chi connectivity index (χ0v) is 14.0. The summed E-state index contributed by atoms with van der Waals surface area (Å²) in [5.74, 6) is 0.615. The largest absolute Gasteiger partial charge is 0.311 e.